The second-order valence-corrected chi connectivity index (χ2v) is 3.18. The van der Waals surface area contributed by atoms with Crippen LogP contribution < -0.4 is 11.1 Å². The van der Waals surface area contributed by atoms with Crippen LogP contribution in [0.2, 0.25) is 0 Å². The van der Waals surface area contributed by atoms with Gasteiger partial charge in [0.25, 0.3) is 0 Å². The van der Waals surface area contributed by atoms with E-state index in [1.807, 2.05) is 0 Å². The van der Waals surface area contributed by atoms with Gasteiger partial charge in [0.2, 0.25) is 0 Å². The predicted octanol–water partition coefficient (Wildman–Crippen LogP) is -0.195. The van der Waals surface area contributed by atoms with Gasteiger partial charge in [-0.3, -0.25) is 4.79 Å². The summed E-state index contributed by atoms with van der Waals surface area (Å²) in [6.07, 6.45) is 1.99. The number of ether oxygens (including phenoxy) is 1. The lowest BCUT2D eigenvalue weighted by Crippen LogP contribution is -2.35. The van der Waals surface area contributed by atoms with E-state index in [0.717, 1.165) is 12.8 Å². The Hall–Kier alpha value is -0.650. The minimum Gasteiger partial charge on any atom is -0.481 e. The van der Waals surface area contributed by atoms with Crippen LogP contribution in [0, 0.1) is 0 Å². The fourth-order valence-electron chi connectivity index (χ4n) is 1.19. The molecule has 0 fully saturated rings. The third-order valence-electron chi connectivity index (χ3n) is 1.90. The van der Waals surface area contributed by atoms with Gasteiger partial charge in [0.15, 0.2) is 0 Å². The minimum absolute atomic E-state index is 0.142. The van der Waals surface area contributed by atoms with E-state index in [1.165, 1.54) is 0 Å². The van der Waals surface area contributed by atoms with Gasteiger partial charge in [0.05, 0.1) is 13.0 Å². The molecule has 0 bridgehead atoms. The molecule has 1 unspecified atom stereocenters. The molecule has 0 radical (unpaired) electrons. The zero-order valence-electron chi connectivity index (χ0n) is 8.66. The lowest BCUT2D eigenvalue weighted by molar-refractivity contribution is -0.136. The summed E-state index contributed by atoms with van der Waals surface area (Å²) >= 11 is 0. The molecule has 0 spiro atoms. The fraction of sp³-hybridized carbons (Fsp3) is 0.889. The van der Waals surface area contributed by atoms with Crippen LogP contribution in [0.4, 0.5) is 0 Å². The molecule has 0 saturated heterocycles. The highest BCUT2D eigenvalue weighted by Crippen LogP contribution is 1.96. The Kier molecular flexibility index (Phi) is 8.51. The first-order chi connectivity index (χ1) is 6.70. The number of rotatable bonds is 9. The average Bonchev–Trinajstić information content (AvgIpc) is 2.13. The molecule has 0 aliphatic heterocycles. The Morgan fingerprint density at radius 1 is 1.64 bits per heavy atom. The van der Waals surface area contributed by atoms with Crippen molar-refractivity contribution in [1.82, 2.24) is 5.32 Å². The molecule has 0 aliphatic carbocycles. The predicted molar refractivity (Wildman–Crippen MR) is 54.2 cm³/mol. The summed E-state index contributed by atoms with van der Waals surface area (Å²) in [7, 11) is 1.63. The van der Waals surface area contributed by atoms with E-state index in [-0.39, 0.29) is 12.5 Å². The van der Waals surface area contributed by atoms with Crippen molar-refractivity contribution in [2.45, 2.75) is 25.3 Å². The molecule has 4 N–H and O–H groups in total. The molecule has 14 heavy (non-hydrogen) atoms. The van der Waals surface area contributed by atoms with Crippen molar-refractivity contribution in [2.24, 2.45) is 5.73 Å². The molecule has 0 aromatic carbocycles. The van der Waals surface area contributed by atoms with Crippen molar-refractivity contribution in [3.05, 3.63) is 0 Å². The van der Waals surface area contributed by atoms with Crippen molar-refractivity contribution in [1.29, 1.82) is 0 Å². The highest BCUT2D eigenvalue weighted by Gasteiger charge is 2.07. The number of methoxy groups -OCH3 is 1. The van der Waals surface area contributed by atoms with E-state index < -0.39 is 5.97 Å². The van der Waals surface area contributed by atoms with Crippen molar-refractivity contribution < 1.29 is 14.6 Å². The number of hydrogen-bond donors (Lipinski definition) is 3. The summed E-state index contributed by atoms with van der Waals surface area (Å²) in [6.45, 7) is 1.73. The smallest absolute Gasteiger partial charge is 0.304 e. The van der Waals surface area contributed by atoms with E-state index in [0.29, 0.717) is 19.7 Å². The van der Waals surface area contributed by atoms with Crippen molar-refractivity contribution in [2.75, 3.05) is 26.8 Å². The van der Waals surface area contributed by atoms with Crippen LogP contribution >= 0.6 is 0 Å². The summed E-state index contributed by atoms with van der Waals surface area (Å²) in [4.78, 5) is 10.3. The molecule has 0 saturated carbocycles. The van der Waals surface area contributed by atoms with Crippen LogP contribution in [0.25, 0.3) is 0 Å². The quantitative estimate of drug-likeness (QED) is 0.484. The van der Waals surface area contributed by atoms with E-state index in [4.69, 9.17) is 15.6 Å². The van der Waals surface area contributed by atoms with Gasteiger partial charge in [0.1, 0.15) is 0 Å². The monoisotopic (exact) mass is 204 g/mol. The molecular weight excluding hydrogens is 184 g/mol. The minimum atomic E-state index is -0.785. The second-order valence-electron chi connectivity index (χ2n) is 3.18. The number of carbonyl (C=O) groups is 1. The van der Waals surface area contributed by atoms with E-state index >= 15 is 0 Å². The van der Waals surface area contributed by atoms with Crippen LogP contribution in [0.5, 0.6) is 0 Å². The highest BCUT2D eigenvalue weighted by atomic mass is 16.5. The third kappa shape index (κ3) is 7.97. The van der Waals surface area contributed by atoms with Crippen LogP contribution in [0.15, 0.2) is 0 Å². The Morgan fingerprint density at radius 2 is 2.36 bits per heavy atom. The number of aliphatic carboxylic acids is 1. The van der Waals surface area contributed by atoms with Gasteiger partial charge in [-0.15, -0.1) is 0 Å². The van der Waals surface area contributed by atoms with Gasteiger partial charge in [-0.1, -0.05) is 0 Å². The molecule has 0 aromatic rings. The molecule has 1 atom stereocenters. The third-order valence-corrected chi connectivity index (χ3v) is 1.90. The zero-order chi connectivity index (χ0) is 10.8. The molecule has 0 heterocycles. The molecule has 5 heteroatoms. The maximum Gasteiger partial charge on any atom is 0.304 e. The van der Waals surface area contributed by atoms with E-state index in [2.05, 4.69) is 5.32 Å². The van der Waals surface area contributed by atoms with Gasteiger partial charge in [0, 0.05) is 19.7 Å². The summed E-state index contributed by atoms with van der Waals surface area (Å²) in [5, 5.41) is 11.6. The SMILES string of the molecule is COCC(CCCN)NCCC(=O)O. The molecule has 0 aromatic heterocycles. The van der Waals surface area contributed by atoms with Gasteiger partial charge in [-0.05, 0) is 19.4 Å². The van der Waals surface area contributed by atoms with E-state index in [1.54, 1.807) is 7.11 Å². The van der Waals surface area contributed by atoms with Crippen LogP contribution in [-0.2, 0) is 9.53 Å². The largest absolute Gasteiger partial charge is 0.481 e. The highest BCUT2D eigenvalue weighted by molar-refractivity contribution is 5.66. The first kappa shape index (κ1) is 13.4. The molecule has 0 amide bonds. The van der Waals surface area contributed by atoms with Crippen molar-refractivity contribution in [3.63, 3.8) is 0 Å². The zero-order valence-corrected chi connectivity index (χ0v) is 8.66. The van der Waals surface area contributed by atoms with Crippen molar-refractivity contribution in [3.8, 4) is 0 Å². The fourth-order valence-corrected chi connectivity index (χ4v) is 1.19. The Labute approximate surface area is 84.6 Å². The lowest BCUT2D eigenvalue weighted by atomic mass is 10.1. The van der Waals surface area contributed by atoms with Gasteiger partial charge >= 0.3 is 5.97 Å². The second kappa shape index (κ2) is 8.93. The average molecular weight is 204 g/mol. The van der Waals surface area contributed by atoms with Gasteiger partial charge in [-0.2, -0.15) is 0 Å². The lowest BCUT2D eigenvalue weighted by Gasteiger charge is -2.16. The Bertz CT molecular complexity index is 153. The molecule has 0 aliphatic rings. The van der Waals surface area contributed by atoms with Gasteiger partial charge < -0.3 is 20.9 Å². The topological polar surface area (TPSA) is 84.6 Å². The van der Waals surface area contributed by atoms with Crippen LogP contribution in [-0.4, -0.2) is 43.9 Å². The summed E-state index contributed by atoms with van der Waals surface area (Å²) in [5.74, 6) is -0.785. The Balaban J connectivity index is 3.55. The summed E-state index contributed by atoms with van der Waals surface area (Å²) in [5.41, 5.74) is 5.39. The Morgan fingerprint density at radius 3 is 2.86 bits per heavy atom. The molecular formula is C9H20N2O3. The summed E-state index contributed by atoms with van der Waals surface area (Å²) < 4.78 is 5.01. The number of carboxylic acid groups (broad SMARTS) is 1. The van der Waals surface area contributed by atoms with Crippen molar-refractivity contribution >= 4 is 5.97 Å². The number of nitrogens with one attached hydrogen (secondary N) is 1. The van der Waals surface area contributed by atoms with E-state index in [9.17, 15) is 4.79 Å². The van der Waals surface area contributed by atoms with Gasteiger partial charge in [-0.25, -0.2) is 0 Å². The normalized spacial score (nSPS) is 12.7. The number of hydrogen-bond acceptors (Lipinski definition) is 4. The molecule has 0 rings (SSSR count). The molecule has 84 valence electrons. The molecule has 5 nitrogen and oxygen atoms in total. The first-order valence-corrected chi connectivity index (χ1v) is 4.85. The number of carboxylic acids is 1. The maximum atomic E-state index is 10.3. The standard InChI is InChI=1S/C9H20N2O3/c1-14-7-8(3-2-5-10)11-6-4-9(12)13/h8,11H,2-7,10H2,1H3,(H,12,13). The van der Waals surface area contributed by atoms with Crippen LogP contribution in [0.3, 0.4) is 0 Å². The number of nitrogens with two attached hydrogens (primary N) is 1. The first-order valence-electron chi connectivity index (χ1n) is 4.85. The maximum absolute atomic E-state index is 10.3. The summed E-state index contributed by atoms with van der Waals surface area (Å²) in [6, 6.07) is 0.211. The van der Waals surface area contributed by atoms with Crippen LogP contribution in [0.1, 0.15) is 19.3 Å².